The number of benzene rings is 1. The van der Waals surface area contributed by atoms with Crippen molar-refractivity contribution < 1.29 is 24.4 Å². The van der Waals surface area contributed by atoms with E-state index in [-0.39, 0.29) is 26.4 Å². The molecule has 2 aromatic rings. The Kier molecular flexibility index (Phi) is 7.72. The van der Waals surface area contributed by atoms with Crippen LogP contribution < -0.4 is 9.47 Å². The molecule has 0 aliphatic rings. The third-order valence-corrected chi connectivity index (χ3v) is 3.12. The normalized spacial score (nSPS) is 10.4. The Morgan fingerprint density at radius 1 is 1.12 bits per heavy atom. The Balaban J connectivity index is 1.90. The van der Waals surface area contributed by atoms with Gasteiger partial charge in [0.2, 0.25) is 0 Å². The first-order valence-corrected chi connectivity index (χ1v) is 7.76. The fourth-order valence-corrected chi connectivity index (χ4v) is 2.01. The SMILES string of the molecule is C#CCOc1cc(CO)cc(OCc2cn(CCOCCO)nn2)c1. The smallest absolute Gasteiger partial charge is 0.148 e. The maximum Gasteiger partial charge on any atom is 0.148 e. The monoisotopic (exact) mass is 347 g/mol. The highest BCUT2D eigenvalue weighted by molar-refractivity contribution is 5.38. The van der Waals surface area contributed by atoms with E-state index in [0.717, 1.165) is 0 Å². The van der Waals surface area contributed by atoms with E-state index in [9.17, 15) is 5.11 Å². The fraction of sp³-hybridized carbons (Fsp3) is 0.412. The van der Waals surface area contributed by atoms with Crippen molar-refractivity contribution in [3.05, 3.63) is 35.7 Å². The second kappa shape index (κ2) is 10.3. The summed E-state index contributed by atoms with van der Waals surface area (Å²) in [6.07, 6.45) is 6.94. The van der Waals surface area contributed by atoms with Gasteiger partial charge < -0.3 is 24.4 Å². The maximum absolute atomic E-state index is 9.32. The van der Waals surface area contributed by atoms with Crippen molar-refractivity contribution in [3.63, 3.8) is 0 Å². The van der Waals surface area contributed by atoms with Crippen LogP contribution in [-0.4, -0.2) is 51.6 Å². The Morgan fingerprint density at radius 3 is 2.64 bits per heavy atom. The van der Waals surface area contributed by atoms with E-state index in [1.807, 2.05) is 0 Å². The van der Waals surface area contributed by atoms with Gasteiger partial charge in [-0.1, -0.05) is 11.1 Å². The molecule has 0 saturated heterocycles. The molecule has 0 unspecified atom stereocenters. The first-order chi connectivity index (χ1) is 12.2. The molecule has 0 bridgehead atoms. The predicted octanol–water partition coefficient (Wildman–Crippen LogP) is 0.370. The highest BCUT2D eigenvalue weighted by Gasteiger charge is 2.06. The van der Waals surface area contributed by atoms with E-state index in [1.165, 1.54) is 0 Å². The summed E-state index contributed by atoms with van der Waals surface area (Å²) < 4.78 is 17.9. The second-order valence-corrected chi connectivity index (χ2v) is 5.06. The number of aliphatic hydroxyl groups excluding tert-OH is 2. The Morgan fingerprint density at radius 2 is 1.92 bits per heavy atom. The van der Waals surface area contributed by atoms with Crippen molar-refractivity contribution in [2.75, 3.05) is 26.4 Å². The number of hydrogen-bond donors (Lipinski definition) is 2. The fourth-order valence-electron chi connectivity index (χ4n) is 2.01. The lowest BCUT2D eigenvalue weighted by Gasteiger charge is -2.09. The van der Waals surface area contributed by atoms with Gasteiger partial charge in [0.25, 0.3) is 0 Å². The van der Waals surface area contributed by atoms with E-state index in [2.05, 4.69) is 16.2 Å². The van der Waals surface area contributed by atoms with Crippen molar-refractivity contribution in [2.45, 2.75) is 19.8 Å². The minimum atomic E-state index is -0.131. The first kappa shape index (κ1) is 18.7. The molecule has 0 spiro atoms. The van der Waals surface area contributed by atoms with E-state index in [1.54, 1.807) is 29.1 Å². The summed E-state index contributed by atoms with van der Waals surface area (Å²) in [5.41, 5.74) is 1.32. The highest BCUT2D eigenvalue weighted by atomic mass is 16.5. The topological polar surface area (TPSA) is 98.9 Å². The maximum atomic E-state index is 9.32. The van der Waals surface area contributed by atoms with Crippen LogP contribution in [0.5, 0.6) is 11.5 Å². The van der Waals surface area contributed by atoms with Gasteiger partial charge in [0.1, 0.15) is 30.4 Å². The third kappa shape index (κ3) is 6.43. The predicted molar refractivity (Wildman–Crippen MR) is 89.0 cm³/mol. The summed E-state index contributed by atoms with van der Waals surface area (Å²) in [5, 5.41) is 26.0. The van der Waals surface area contributed by atoms with E-state index in [4.69, 9.17) is 25.7 Å². The van der Waals surface area contributed by atoms with Crippen molar-refractivity contribution in [2.24, 2.45) is 0 Å². The molecular formula is C17H21N3O5. The van der Waals surface area contributed by atoms with E-state index >= 15 is 0 Å². The number of ether oxygens (including phenoxy) is 3. The average Bonchev–Trinajstić information content (AvgIpc) is 3.09. The zero-order valence-corrected chi connectivity index (χ0v) is 13.8. The molecule has 0 amide bonds. The molecule has 1 aromatic carbocycles. The van der Waals surface area contributed by atoms with Crippen LogP contribution in [0.4, 0.5) is 0 Å². The van der Waals surface area contributed by atoms with Crippen molar-refractivity contribution in [3.8, 4) is 23.8 Å². The molecule has 8 nitrogen and oxygen atoms in total. The average molecular weight is 347 g/mol. The van der Waals surface area contributed by atoms with Crippen LogP contribution in [0, 0.1) is 12.3 Å². The molecule has 0 radical (unpaired) electrons. The third-order valence-electron chi connectivity index (χ3n) is 3.12. The molecule has 2 rings (SSSR count). The molecule has 1 aromatic heterocycles. The summed E-state index contributed by atoms with van der Waals surface area (Å²) >= 11 is 0. The molecule has 8 heteroatoms. The highest BCUT2D eigenvalue weighted by Crippen LogP contribution is 2.23. The minimum Gasteiger partial charge on any atom is -0.487 e. The quantitative estimate of drug-likeness (QED) is 0.447. The van der Waals surface area contributed by atoms with Crippen LogP contribution in [0.25, 0.3) is 0 Å². The lowest BCUT2D eigenvalue weighted by molar-refractivity contribution is 0.0851. The van der Waals surface area contributed by atoms with Crippen LogP contribution in [0.15, 0.2) is 24.4 Å². The zero-order chi connectivity index (χ0) is 17.9. The Hall–Kier alpha value is -2.60. The minimum absolute atomic E-state index is 0.00358. The van der Waals surface area contributed by atoms with Crippen molar-refractivity contribution in [1.82, 2.24) is 15.0 Å². The first-order valence-electron chi connectivity index (χ1n) is 7.76. The van der Waals surface area contributed by atoms with Gasteiger partial charge in [-0.3, -0.25) is 0 Å². The Labute approximate surface area is 145 Å². The number of hydrogen-bond acceptors (Lipinski definition) is 7. The molecule has 25 heavy (non-hydrogen) atoms. The molecule has 0 aliphatic heterocycles. The number of rotatable bonds is 11. The van der Waals surface area contributed by atoms with Gasteiger partial charge in [-0.15, -0.1) is 11.5 Å². The van der Waals surface area contributed by atoms with E-state index in [0.29, 0.717) is 42.5 Å². The molecule has 0 aliphatic carbocycles. The van der Waals surface area contributed by atoms with Gasteiger partial charge in [0.15, 0.2) is 0 Å². The lowest BCUT2D eigenvalue weighted by Crippen LogP contribution is -2.08. The van der Waals surface area contributed by atoms with Gasteiger partial charge in [0, 0.05) is 6.07 Å². The Bertz CT molecular complexity index is 696. The summed E-state index contributed by atoms with van der Waals surface area (Å²) in [6.45, 7) is 1.51. The molecule has 0 fully saturated rings. The standard InChI is InChI=1S/C17H21N3O5/c1-2-5-24-16-8-14(12-22)9-17(10-16)25-13-15-11-20(19-18-15)3-6-23-7-4-21/h1,8-11,21-22H,3-7,12-13H2. The van der Waals surface area contributed by atoms with Crippen LogP contribution >= 0.6 is 0 Å². The molecular weight excluding hydrogens is 326 g/mol. The number of aromatic nitrogens is 3. The summed E-state index contributed by atoms with van der Waals surface area (Å²) in [6, 6.07) is 5.12. The molecule has 0 atom stereocenters. The van der Waals surface area contributed by atoms with E-state index < -0.39 is 0 Å². The van der Waals surface area contributed by atoms with Crippen LogP contribution in [0.2, 0.25) is 0 Å². The van der Waals surface area contributed by atoms with Crippen molar-refractivity contribution >= 4 is 0 Å². The number of terminal acetylenes is 1. The van der Waals surface area contributed by atoms with Crippen LogP contribution in [0.1, 0.15) is 11.3 Å². The van der Waals surface area contributed by atoms with Crippen LogP contribution in [-0.2, 0) is 24.5 Å². The van der Waals surface area contributed by atoms with Gasteiger partial charge in [-0.2, -0.15) is 0 Å². The molecule has 1 heterocycles. The summed E-state index contributed by atoms with van der Waals surface area (Å²) in [4.78, 5) is 0. The molecule has 2 N–H and O–H groups in total. The van der Waals surface area contributed by atoms with Crippen molar-refractivity contribution in [1.29, 1.82) is 0 Å². The number of aliphatic hydroxyl groups is 2. The van der Waals surface area contributed by atoms with Gasteiger partial charge in [-0.05, 0) is 17.7 Å². The van der Waals surface area contributed by atoms with Gasteiger partial charge >= 0.3 is 0 Å². The van der Waals surface area contributed by atoms with Gasteiger partial charge in [0.05, 0.1) is 39.2 Å². The molecule has 0 saturated carbocycles. The second-order valence-electron chi connectivity index (χ2n) is 5.06. The lowest BCUT2D eigenvalue weighted by atomic mass is 10.2. The van der Waals surface area contributed by atoms with Crippen LogP contribution in [0.3, 0.4) is 0 Å². The summed E-state index contributed by atoms with van der Waals surface area (Å²) in [7, 11) is 0. The summed E-state index contributed by atoms with van der Waals surface area (Å²) in [5.74, 6) is 3.46. The molecule has 134 valence electrons. The number of nitrogens with zero attached hydrogens (tertiary/aromatic N) is 3. The largest absolute Gasteiger partial charge is 0.487 e. The van der Waals surface area contributed by atoms with Gasteiger partial charge in [-0.25, -0.2) is 4.68 Å². The zero-order valence-electron chi connectivity index (χ0n) is 13.8.